The van der Waals surface area contributed by atoms with Crippen molar-refractivity contribution in [3.8, 4) is 0 Å². The van der Waals surface area contributed by atoms with E-state index in [0.29, 0.717) is 18.1 Å². The molecule has 1 aromatic carbocycles. The van der Waals surface area contributed by atoms with Crippen molar-refractivity contribution in [2.75, 3.05) is 18.5 Å². The highest BCUT2D eigenvalue weighted by Crippen LogP contribution is 2.48. The monoisotopic (exact) mass is 361 g/mol. The fourth-order valence-electron chi connectivity index (χ4n) is 3.38. The average Bonchev–Trinajstić information content (AvgIpc) is 3.23. The summed E-state index contributed by atoms with van der Waals surface area (Å²) in [5, 5.41) is 3.65. The van der Waals surface area contributed by atoms with E-state index >= 15 is 0 Å². The molecule has 0 spiro atoms. The van der Waals surface area contributed by atoms with Crippen LogP contribution in [-0.2, 0) is 11.6 Å². The molecule has 1 aliphatic rings. The van der Waals surface area contributed by atoms with Gasteiger partial charge in [-0.15, -0.1) is 5.10 Å². The van der Waals surface area contributed by atoms with E-state index in [2.05, 4.69) is 27.2 Å². The summed E-state index contributed by atoms with van der Waals surface area (Å²) in [6, 6.07) is 11.9. The first-order valence-electron chi connectivity index (χ1n) is 8.37. The Bertz CT molecular complexity index is 945. The molecule has 8 heteroatoms. The summed E-state index contributed by atoms with van der Waals surface area (Å²) in [5.74, 6) is -0.657. The fraction of sp³-hybridized carbons (Fsp3) is 0.389. The molecule has 0 N–H and O–H groups in total. The number of anilines is 1. The zero-order chi connectivity index (χ0) is 18.5. The van der Waals surface area contributed by atoms with Crippen LogP contribution in [0.2, 0.25) is 0 Å². The lowest BCUT2D eigenvalue weighted by atomic mass is 9.95. The average molecular weight is 361 g/mol. The van der Waals surface area contributed by atoms with E-state index in [1.165, 1.54) is 10.1 Å². The standard InChI is InChI=1S/C18H18F3N5/c1-12-10-14(26-16(22-12)23-15(24-26)18(19,20)21)25(2)11-17(8-9-17)13-6-4-3-5-7-13/h3-7,10H,8-9,11H2,1-2H3. The van der Waals surface area contributed by atoms with E-state index in [0.717, 1.165) is 12.8 Å². The molecule has 1 aliphatic carbocycles. The van der Waals surface area contributed by atoms with Crippen LogP contribution in [0.5, 0.6) is 0 Å². The van der Waals surface area contributed by atoms with Crippen LogP contribution in [-0.4, -0.2) is 33.2 Å². The highest BCUT2D eigenvalue weighted by Gasteiger charge is 2.45. The van der Waals surface area contributed by atoms with Crippen molar-refractivity contribution in [2.24, 2.45) is 0 Å². The number of alkyl halides is 3. The molecule has 2 heterocycles. The number of nitrogens with zero attached hydrogens (tertiary/aromatic N) is 5. The van der Waals surface area contributed by atoms with Crippen LogP contribution in [0.3, 0.4) is 0 Å². The number of aromatic nitrogens is 4. The Balaban J connectivity index is 1.71. The highest BCUT2D eigenvalue weighted by molar-refractivity contribution is 5.49. The molecule has 1 fully saturated rings. The summed E-state index contributed by atoms with van der Waals surface area (Å²) in [5.41, 5.74) is 1.89. The number of rotatable bonds is 4. The molecule has 0 radical (unpaired) electrons. The minimum Gasteiger partial charge on any atom is -0.359 e. The van der Waals surface area contributed by atoms with Crippen molar-refractivity contribution in [1.82, 2.24) is 19.6 Å². The van der Waals surface area contributed by atoms with Crippen molar-refractivity contribution in [3.63, 3.8) is 0 Å². The second-order valence-electron chi connectivity index (χ2n) is 6.90. The van der Waals surface area contributed by atoms with Crippen molar-refractivity contribution in [2.45, 2.75) is 31.4 Å². The molecule has 26 heavy (non-hydrogen) atoms. The minimum atomic E-state index is -4.60. The first-order valence-corrected chi connectivity index (χ1v) is 8.37. The molecule has 3 aromatic rings. The van der Waals surface area contributed by atoms with Gasteiger partial charge in [0.1, 0.15) is 5.82 Å². The van der Waals surface area contributed by atoms with Gasteiger partial charge in [-0.3, -0.25) is 0 Å². The van der Waals surface area contributed by atoms with Gasteiger partial charge in [0.05, 0.1) is 0 Å². The molecule has 4 rings (SSSR count). The second-order valence-corrected chi connectivity index (χ2v) is 6.90. The van der Waals surface area contributed by atoms with E-state index in [1.807, 2.05) is 30.1 Å². The molecule has 5 nitrogen and oxygen atoms in total. The first-order chi connectivity index (χ1) is 12.3. The zero-order valence-electron chi connectivity index (χ0n) is 14.5. The van der Waals surface area contributed by atoms with Gasteiger partial charge < -0.3 is 4.90 Å². The van der Waals surface area contributed by atoms with E-state index in [-0.39, 0.29) is 11.2 Å². The van der Waals surface area contributed by atoms with Crippen molar-refractivity contribution in [1.29, 1.82) is 0 Å². The number of hydrogen-bond donors (Lipinski definition) is 0. The normalized spacial score (nSPS) is 16.0. The third-order valence-electron chi connectivity index (χ3n) is 4.85. The SMILES string of the molecule is Cc1cc(N(C)CC2(c3ccccc3)CC2)n2nc(C(F)(F)F)nc2n1. The first kappa shape index (κ1) is 16.8. The maximum atomic E-state index is 13.0. The van der Waals surface area contributed by atoms with Crippen LogP contribution in [0.4, 0.5) is 19.0 Å². The van der Waals surface area contributed by atoms with E-state index in [9.17, 15) is 13.2 Å². The maximum absolute atomic E-state index is 13.0. The molecule has 0 aliphatic heterocycles. The van der Waals surface area contributed by atoms with Crippen LogP contribution in [0.15, 0.2) is 36.4 Å². The maximum Gasteiger partial charge on any atom is 0.453 e. The summed E-state index contributed by atoms with van der Waals surface area (Å²) < 4.78 is 40.1. The molecular formula is C18H18F3N5. The summed E-state index contributed by atoms with van der Waals surface area (Å²) in [7, 11) is 1.87. The van der Waals surface area contributed by atoms with Gasteiger partial charge in [-0.2, -0.15) is 22.7 Å². The Labute approximate surface area is 148 Å². The van der Waals surface area contributed by atoms with Gasteiger partial charge in [0.25, 0.3) is 11.6 Å². The molecule has 2 aromatic heterocycles. The van der Waals surface area contributed by atoms with E-state index in [4.69, 9.17) is 0 Å². The van der Waals surface area contributed by atoms with Crippen LogP contribution in [0.25, 0.3) is 5.78 Å². The summed E-state index contributed by atoms with van der Waals surface area (Å²) in [6.07, 6.45) is -2.49. The van der Waals surface area contributed by atoms with Crippen LogP contribution >= 0.6 is 0 Å². The molecule has 0 amide bonds. The van der Waals surface area contributed by atoms with Crippen molar-refractivity contribution < 1.29 is 13.2 Å². The summed E-state index contributed by atoms with van der Waals surface area (Å²) in [6.45, 7) is 2.43. The quantitative estimate of drug-likeness (QED) is 0.712. The smallest absolute Gasteiger partial charge is 0.359 e. The number of aryl methyl sites for hydroxylation is 1. The topological polar surface area (TPSA) is 46.3 Å². The Morgan fingerprint density at radius 2 is 1.85 bits per heavy atom. The predicted molar refractivity (Wildman–Crippen MR) is 91.1 cm³/mol. The van der Waals surface area contributed by atoms with Crippen molar-refractivity contribution >= 4 is 11.6 Å². The second kappa shape index (κ2) is 5.69. The van der Waals surface area contributed by atoms with Gasteiger partial charge in [0.2, 0.25) is 0 Å². The molecule has 0 atom stereocenters. The fourth-order valence-corrected chi connectivity index (χ4v) is 3.38. The van der Waals surface area contributed by atoms with Gasteiger partial charge in [-0.25, -0.2) is 4.98 Å². The molecular weight excluding hydrogens is 343 g/mol. The van der Waals surface area contributed by atoms with Gasteiger partial charge in [-0.05, 0) is 25.3 Å². The number of likely N-dealkylation sites (N-methyl/N-ethyl adjacent to an activating group) is 1. The van der Waals surface area contributed by atoms with Gasteiger partial charge in [0.15, 0.2) is 0 Å². The van der Waals surface area contributed by atoms with Crippen LogP contribution in [0.1, 0.15) is 29.9 Å². The Hall–Kier alpha value is -2.64. The minimum absolute atomic E-state index is 0.0347. The van der Waals surface area contributed by atoms with Crippen molar-refractivity contribution in [3.05, 3.63) is 53.5 Å². The molecule has 0 unspecified atom stereocenters. The van der Waals surface area contributed by atoms with Gasteiger partial charge >= 0.3 is 6.18 Å². The van der Waals surface area contributed by atoms with Gasteiger partial charge in [-0.1, -0.05) is 30.3 Å². The highest BCUT2D eigenvalue weighted by atomic mass is 19.4. The largest absolute Gasteiger partial charge is 0.453 e. The third kappa shape index (κ3) is 2.89. The van der Waals surface area contributed by atoms with E-state index < -0.39 is 12.0 Å². The Kier molecular flexibility index (Phi) is 3.68. The molecule has 1 saturated carbocycles. The summed E-state index contributed by atoms with van der Waals surface area (Å²) in [4.78, 5) is 9.57. The number of hydrogen-bond acceptors (Lipinski definition) is 4. The number of fused-ring (bicyclic) bond motifs is 1. The Morgan fingerprint density at radius 1 is 1.15 bits per heavy atom. The molecule has 0 saturated heterocycles. The lowest BCUT2D eigenvalue weighted by molar-refractivity contribution is -0.144. The third-order valence-corrected chi connectivity index (χ3v) is 4.85. The predicted octanol–water partition coefficient (Wildman–Crippen LogP) is 3.62. The lowest BCUT2D eigenvalue weighted by Crippen LogP contribution is -2.31. The van der Waals surface area contributed by atoms with Gasteiger partial charge in [0, 0.05) is 30.8 Å². The van der Waals surface area contributed by atoms with Crippen LogP contribution in [0, 0.1) is 6.92 Å². The lowest BCUT2D eigenvalue weighted by Gasteiger charge is -2.26. The molecule has 0 bridgehead atoms. The number of halogens is 3. The van der Waals surface area contributed by atoms with E-state index in [1.54, 1.807) is 13.0 Å². The zero-order valence-corrected chi connectivity index (χ0v) is 14.5. The number of benzene rings is 1. The summed E-state index contributed by atoms with van der Waals surface area (Å²) >= 11 is 0. The molecule has 136 valence electrons. The van der Waals surface area contributed by atoms with Crippen LogP contribution < -0.4 is 4.90 Å². The Morgan fingerprint density at radius 3 is 2.46 bits per heavy atom.